The van der Waals surface area contributed by atoms with Crippen molar-refractivity contribution in [3.63, 3.8) is 0 Å². The predicted octanol–water partition coefficient (Wildman–Crippen LogP) is 3.00. The van der Waals surface area contributed by atoms with Crippen molar-refractivity contribution in [1.82, 2.24) is 15.6 Å². The normalized spacial score (nSPS) is 11.0. The third kappa shape index (κ3) is 4.28. The van der Waals surface area contributed by atoms with E-state index >= 15 is 0 Å². The lowest BCUT2D eigenvalue weighted by Crippen LogP contribution is -2.42. The number of halogens is 1. The molecule has 2 amide bonds. The van der Waals surface area contributed by atoms with Crippen molar-refractivity contribution in [3.8, 4) is 0 Å². The standard InChI is InChI=1S/C17H20FN3O/c1-17(2,14-7-3-4-8-15(14)18)12-21-16(22)20-11-13-6-5-9-19-10-13/h3-10H,11-12H2,1-2H3,(H2,20,21,22). The number of aromatic nitrogens is 1. The average molecular weight is 301 g/mol. The summed E-state index contributed by atoms with van der Waals surface area (Å²) in [6.07, 6.45) is 3.38. The Hall–Kier alpha value is -2.43. The predicted molar refractivity (Wildman–Crippen MR) is 83.9 cm³/mol. The molecular weight excluding hydrogens is 281 g/mol. The molecule has 2 aromatic rings. The summed E-state index contributed by atoms with van der Waals surface area (Å²) >= 11 is 0. The maximum atomic E-state index is 13.8. The summed E-state index contributed by atoms with van der Waals surface area (Å²) in [7, 11) is 0. The molecule has 2 N–H and O–H groups in total. The molecule has 0 fully saturated rings. The Morgan fingerprint density at radius 1 is 1.18 bits per heavy atom. The molecule has 0 spiro atoms. The van der Waals surface area contributed by atoms with Crippen LogP contribution in [0.5, 0.6) is 0 Å². The zero-order valence-electron chi connectivity index (χ0n) is 12.8. The smallest absolute Gasteiger partial charge is 0.315 e. The Labute approximate surface area is 129 Å². The Balaban J connectivity index is 1.86. The summed E-state index contributed by atoms with van der Waals surface area (Å²) < 4.78 is 13.8. The summed E-state index contributed by atoms with van der Waals surface area (Å²) in [5.41, 5.74) is 1.02. The number of nitrogens with zero attached hydrogens (tertiary/aromatic N) is 1. The highest BCUT2D eigenvalue weighted by molar-refractivity contribution is 5.73. The minimum atomic E-state index is -0.489. The van der Waals surface area contributed by atoms with E-state index in [1.165, 1.54) is 6.07 Å². The molecule has 0 radical (unpaired) electrons. The molecule has 1 heterocycles. The van der Waals surface area contributed by atoms with Gasteiger partial charge in [0.15, 0.2) is 0 Å². The van der Waals surface area contributed by atoms with Gasteiger partial charge in [-0.3, -0.25) is 4.98 Å². The van der Waals surface area contributed by atoms with E-state index in [0.29, 0.717) is 18.7 Å². The van der Waals surface area contributed by atoms with Crippen molar-refractivity contribution in [1.29, 1.82) is 0 Å². The molecule has 1 aromatic carbocycles. The first kappa shape index (κ1) is 15.9. The fourth-order valence-corrected chi connectivity index (χ4v) is 2.15. The van der Waals surface area contributed by atoms with Crippen molar-refractivity contribution in [2.45, 2.75) is 25.8 Å². The minimum absolute atomic E-state index is 0.259. The summed E-state index contributed by atoms with van der Waals surface area (Å²) in [5, 5.41) is 5.54. The van der Waals surface area contributed by atoms with Gasteiger partial charge in [0.25, 0.3) is 0 Å². The summed E-state index contributed by atoms with van der Waals surface area (Å²) in [6.45, 7) is 4.53. The minimum Gasteiger partial charge on any atom is -0.337 e. The van der Waals surface area contributed by atoms with E-state index in [2.05, 4.69) is 15.6 Å². The Kier molecular flexibility index (Phi) is 5.09. The van der Waals surface area contributed by atoms with Crippen LogP contribution in [-0.2, 0) is 12.0 Å². The lowest BCUT2D eigenvalue weighted by Gasteiger charge is -2.26. The van der Waals surface area contributed by atoms with Gasteiger partial charge in [-0.1, -0.05) is 38.1 Å². The summed E-state index contributed by atoms with van der Waals surface area (Å²) in [4.78, 5) is 15.8. The number of urea groups is 1. The highest BCUT2D eigenvalue weighted by Crippen LogP contribution is 2.24. The lowest BCUT2D eigenvalue weighted by atomic mass is 9.84. The molecule has 0 unspecified atom stereocenters. The van der Waals surface area contributed by atoms with Gasteiger partial charge in [-0.05, 0) is 23.3 Å². The number of carbonyl (C=O) groups is 1. The molecule has 0 aliphatic heterocycles. The Morgan fingerprint density at radius 3 is 2.64 bits per heavy atom. The molecule has 0 saturated carbocycles. The monoisotopic (exact) mass is 301 g/mol. The molecule has 116 valence electrons. The van der Waals surface area contributed by atoms with Crippen LogP contribution in [0.2, 0.25) is 0 Å². The van der Waals surface area contributed by atoms with Gasteiger partial charge in [0, 0.05) is 30.9 Å². The first-order valence-electron chi connectivity index (χ1n) is 7.15. The van der Waals surface area contributed by atoms with Crippen molar-refractivity contribution >= 4 is 6.03 Å². The van der Waals surface area contributed by atoms with Crippen LogP contribution < -0.4 is 10.6 Å². The maximum absolute atomic E-state index is 13.8. The Bertz CT molecular complexity index is 629. The molecule has 5 heteroatoms. The van der Waals surface area contributed by atoms with Crippen molar-refractivity contribution in [2.75, 3.05) is 6.54 Å². The number of nitrogens with one attached hydrogen (secondary N) is 2. The first-order valence-corrected chi connectivity index (χ1v) is 7.15. The SMILES string of the molecule is CC(C)(CNC(=O)NCc1cccnc1)c1ccccc1F. The lowest BCUT2D eigenvalue weighted by molar-refractivity contribution is 0.238. The number of hydrogen-bond acceptors (Lipinski definition) is 2. The van der Waals surface area contributed by atoms with E-state index in [4.69, 9.17) is 0 Å². The second-order valence-corrected chi connectivity index (χ2v) is 5.76. The van der Waals surface area contributed by atoms with E-state index in [-0.39, 0.29) is 11.8 Å². The molecular formula is C17H20FN3O. The maximum Gasteiger partial charge on any atom is 0.315 e. The third-order valence-corrected chi connectivity index (χ3v) is 3.47. The van der Waals surface area contributed by atoms with Crippen LogP contribution >= 0.6 is 0 Å². The zero-order valence-corrected chi connectivity index (χ0v) is 12.8. The van der Waals surface area contributed by atoms with Crippen LogP contribution in [0.4, 0.5) is 9.18 Å². The van der Waals surface area contributed by atoms with Gasteiger partial charge in [-0.2, -0.15) is 0 Å². The molecule has 0 aliphatic carbocycles. The topological polar surface area (TPSA) is 54.0 Å². The number of pyridine rings is 1. The average Bonchev–Trinajstić information content (AvgIpc) is 2.52. The van der Waals surface area contributed by atoms with Gasteiger partial charge in [-0.25, -0.2) is 9.18 Å². The fourth-order valence-electron chi connectivity index (χ4n) is 2.15. The van der Waals surface area contributed by atoms with Gasteiger partial charge in [0.1, 0.15) is 5.82 Å². The van der Waals surface area contributed by atoms with Crippen molar-refractivity contribution in [2.24, 2.45) is 0 Å². The van der Waals surface area contributed by atoms with Crippen LogP contribution in [0.3, 0.4) is 0 Å². The molecule has 4 nitrogen and oxygen atoms in total. The van der Waals surface area contributed by atoms with Crippen molar-refractivity contribution in [3.05, 3.63) is 65.7 Å². The quantitative estimate of drug-likeness (QED) is 0.892. The van der Waals surface area contributed by atoms with Crippen LogP contribution in [-0.4, -0.2) is 17.6 Å². The molecule has 1 aromatic heterocycles. The van der Waals surface area contributed by atoms with E-state index in [1.807, 2.05) is 26.0 Å². The summed E-state index contributed by atoms with van der Waals surface area (Å²) in [6, 6.07) is 10.0. The third-order valence-electron chi connectivity index (χ3n) is 3.47. The molecule has 0 bridgehead atoms. The molecule has 22 heavy (non-hydrogen) atoms. The largest absolute Gasteiger partial charge is 0.337 e. The van der Waals surface area contributed by atoms with E-state index in [0.717, 1.165) is 5.56 Å². The number of rotatable bonds is 5. The Morgan fingerprint density at radius 2 is 1.95 bits per heavy atom. The van der Waals surface area contributed by atoms with E-state index in [9.17, 15) is 9.18 Å². The molecule has 2 rings (SSSR count). The molecule has 0 aliphatic rings. The number of amides is 2. The first-order chi connectivity index (χ1) is 10.5. The number of carbonyl (C=O) groups excluding carboxylic acids is 1. The number of hydrogen-bond donors (Lipinski definition) is 2. The number of benzene rings is 1. The highest BCUT2D eigenvalue weighted by Gasteiger charge is 2.24. The van der Waals surface area contributed by atoms with E-state index < -0.39 is 5.41 Å². The zero-order chi connectivity index (χ0) is 16.0. The van der Waals surface area contributed by atoms with Crippen LogP contribution in [0.1, 0.15) is 25.0 Å². The van der Waals surface area contributed by atoms with Crippen LogP contribution in [0.15, 0.2) is 48.8 Å². The fraction of sp³-hybridized carbons (Fsp3) is 0.294. The van der Waals surface area contributed by atoms with Gasteiger partial charge in [-0.15, -0.1) is 0 Å². The van der Waals surface area contributed by atoms with Crippen LogP contribution in [0, 0.1) is 5.82 Å². The second kappa shape index (κ2) is 7.02. The highest BCUT2D eigenvalue weighted by atomic mass is 19.1. The van der Waals surface area contributed by atoms with Gasteiger partial charge >= 0.3 is 6.03 Å². The van der Waals surface area contributed by atoms with Gasteiger partial charge in [0.05, 0.1) is 0 Å². The van der Waals surface area contributed by atoms with Crippen LogP contribution in [0.25, 0.3) is 0 Å². The molecule has 0 saturated heterocycles. The van der Waals surface area contributed by atoms with E-state index in [1.54, 1.807) is 30.6 Å². The molecule has 0 atom stereocenters. The summed E-state index contributed by atoms with van der Waals surface area (Å²) in [5.74, 6) is -0.259. The van der Waals surface area contributed by atoms with Gasteiger partial charge in [0.2, 0.25) is 0 Å². The van der Waals surface area contributed by atoms with Crippen molar-refractivity contribution < 1.29 is 9.18 Å². The van der Waals surface area contributed by atoms with Gasteiger partial charge < -0.3 is 10.6 Å². The second-order valence-electron chi connectivity index (χ2n) is 5.76.